The predicted molar refractivity (Wildman–Crippen MR) is 98.5 cm³/mol. The molecule has 0 aliphatic heterocycles. The van der Waals surface area contributed by atoms with E-state index in [-0.39, 0.29) is 0 Å². The van der Waals surface area contributed by atoms with Crippen LogP contribution in [-0.4, -0.2) is 27.7 Å². The number of hydrogen-bond donors (Lipinski definition) is 1. The molecule has 1 aliphatic rings. The van der Waals surface area contributed by atoms with E-state index in [4.69, 9.17) is 17.0 Å². The molecule has 0 unspecified atom stereocenters. The Hall–Kier alpha value is -1.95. The fourth-order valence-electron chi connectivity index (χ4n) is 3.03. The maximum atomic E-state index is 5.60. The number of rotatable bonds is 6. The highest BCUT2D eigenvalue weighted by molar-refractivity contribution is 7.71. The number of ether oxygens (including phenoxy) is 1. The zero-order valence-corrected chi connectivity index (χ0v) is 14.9. The van der Waals surface area contributed by atoms with Gasteiger partial charge >= 0.3 is 0 Å². The minimum absolute atomic E-state index is 0.452. The molecule has 0 radical (unpaired) electrons. The Labute approximate surface area is 147 Å². The summed E-state index contributed by atoms with van der Waals surface area (Å²) in [6.45, 7) is 2.84. The van der Waals surface area contributed by atoms with Gasteiger partial charge in [0.1, 0.15) is 5.75 Å². The van der Waals surface area contributed by atoms with E-state index in [2.05, 4.69) is 22.2 Å². The van der Waals surface area contributed by atoms with Crippen LogP contribution in [0.15, 0.2) is 29.4 Å². The number of nitrogens with one attached hydrogen (secondary N) is 1. The molecule has 0 atom stereocenters. The van der Waals surface area contributed by atoms with Crippen molar-refractivity contribution in [1.82, 2.24) is 14.9 Å². The highest BCUT2D eigenvalue weighted by atomic mass is 32.1. The Balaban J connectivity index is 1.74. The van der Waals surface area contributed by atoms with Crippen molar-refractivity contribution in [3.05, 3.63) is 40.4 Å². The van der Waals surface area contributed by atoms with E-state index in [0.717, 1.165) is 30.2 Å². The van der Waals surface area contributed by atoms with Crippen molar-refractivity contribution in [3.63, 3.8) is 0 Å². The fourth-order valence-corrected chi connectivity index (χ4v) is 3.22. The molecule has 0 saturated heterocycles. The Morgan fingerprint density at radius 1 is 1.29 bits per heavy atom. The molecule has 1 heterocycles. The van der Waals surface area contributed by atoms with E-state index in [1.54, 1.807) is 4.68 Å². The number of hydrogen-bond acceptors (Lipinski definition) is 4. The van der Waals surface area contributed by atoms with Crippen molar-refractivity contribution in [2.24, 2.45) is 5.10 Å². The highest BCUT2D eigenvalue weighted by Crippen LogP contribution is 2.31. The van der Waals surface area contributed by atoms with Gasteiger partial charge in [0, 0.05) is 5.92 Å². The molecular formula is C18H24N4OS. The van der Waals surface area contributed by atoms with Crippen LogP contribution in [0, 0.1) is 4.77 Å². The van der Waals surface area contributed by atoms with Gasteiger partial charge in [0.05, 0.1) is 12.8 Å². The molecule has 24 heavy (non-hydrogen) atoms. The van der Waals surface area contributed by atoms with Crippen LogP contribution in [0.5, 0.6) is 5.75 Å². The van der Waals surface area contributed by atoms with E-state index < -0.39 is 0 Å². The molecule has 0 bridgehead atoms. The maximum absolute atomic E-state index is 5.60. The van der Waals surface area contributed by atoms with Gasteiger partial charge in [-0.15, -0.1) is 0 Å². The zero-order chi connectivity index (χ0) is 16.8. The second kappa shape index (κ2) is 8.24. The number of H-pyrrole nitrogens is 1. The predicted octanol–water partition coefficient (Wildman–Crippen LogP) is 4.66. The van der Waals surface area contributed by atoms with Crippen molar-refractivity contribution < 1.29 is 4.74 Å². The molecule has 5 nitrogen and oxygen atoms in total. The first-order chi connectivity index (χ1) is 11.8. The van der Waals surface area contributed by atoms with Gasteiger partial charge in [-0.2, -0.15) is 14.9 Å². The monoisotopic (exact) mass is 344 g/mol. The molecule has 0 spiro atoms. The number of aromatic amines is 1. The lowest BCUT2D eigenvalue weighted by Gasteiger charge is -2.19. The first-order valence-electron chi connectivity index (χ1n) is 8.72. The number of benzene rings is 1. The molecule has 3 rings (SSSR count). The normalized spacial score (nSPS) is 15.9. The van der Waals surface area contributed by atoms with Gasteiger partial charge in [-0.3, -0.25) is 5.10 Å². The van der Waals surface area contributed by atoms with Gasteiger partial charge in [0.25, 0.3) is 0 Å². The molecular weight excluding hydrogens is 320 g/mol. The summed E-state index contributed by atoms with van der Waals surface area (Å²) in [6.07, 6.45) is 8.99. The Kier molecular flexibility index (Phi) is 5.80. The summed E-state index contributed by atoms with van der Waals surface area (Å²) in [6, 6.07) is 7.93. The summed E-state index contributed by atoms with van der Waals surface area (Å²) in [5.41, 5.74) is 1.01. The van der Waals surface area contributed by atoms with Crippen LogP contribution < -0.4 is 4.74 Å². The molecule has 2 aromatic rings. The SMILES string of the molecule is CCCOc1ccc(/C=N\n2c(C3CCCCC3)n[nH]c2=S)cc1. The zero-order valence-electron chi connectivity index (χ0n) is 14.1. The summed E-state index contributed by atoms with van der Waals surface area (Å²) >= 11 is 5.34. The Bertz CT molecular complexity index is 726. The summed E-state index contributed by atoms with van der Waals surface area (Å²) in [4.78, 5) is 0. The first-order valence-corrected chi connectivity index (χ1v) is 9.13. The number of nitrogens with zero attached hydrogens (tertiary/aromatic N) is 3. The van der Waals surface area contributed by atoms with Crippen LogP contribution in [0.2, 0.25) is 0 Å². The van der Waals surface area contributed by atoms with Crippen molar-refractivity contribution in [2.45, 2.75) is 51.4 Å². The van der Waals surface area contributed by atoms with Crippen LogP contribution in [0.3, 0.4) is 0 Å². The van der Waals surface area contributed by atoms with E-state index in [9.17, 15) is 0 Å². The van der Waals surface area contributed by atoms with Crippen molar-refractivity contribution in [1.29, 1.82) is 0 Å². The average Bonchev–Trinajstić information content (AvgIpc) is 3.00. The van der Waals surface area contributed by atoms with Crippen molar-refractivity contribution in [2.75, 3.05) is 6.61 Å². The lowest BCUT2D eigenvalue weighted by molar-refractivity contribution is 0.317. The van der Waals surface area contributed by atoms with E-state index in [0.29, 0.717) is 10.7 Å². The number of aromatic nitrogens is 3. The third-order valence-corrected chi connectivity index (χ3v) is 4.59. The minimum atomic E-state index is 0.452. The molecule has 1 fully saturated rings. The third kappa shape index (κ3) is 4.12. The molecule has 1 aromatic carbocycles. The summed E-state index contributed by atoms with van der Waals surface area (Å²) in [7, 11) is 0. The van der Waals surface area contributed by atoms with Crippen LogP contribution in [0.4, 0.5) is 0 Å². The van der Waals surface area contributed by atoms with E-state index >= 15 is 0 Å². The van der Waals surface area contributed by atoms with Crippen LogP contribution >= 0.6 is 12.2 Å². The molecule has 1 N–H and O–H groups in total. The van der Waals surface area contributed by atoms with Crippen LogP contribution in [0.25, 0.3) is 0 Å². The second-order valence-electron chi connectivity index (χ2n) is 6.20. The van der Waals surface area contributed by atoms with Gasteiger partial charge in [0.15, 0.2) is 5.82 Å². The quantitative estimate of drug-likeness (QED) is 0.612. The molecule has 1 aromatic heterocycles. The second-order valence-corrected chi connectivity index (χ2v) is 6.58. The van der Waals surface area contributed by atoms with Crippen LogP contribution in [0.1, 0.15) is 62.8 Å². The van der Waals surface area contributed by atoms with E-state index in [1.807, 2.05) is 30.5 Å². The van der Waals surface area contributed by atoms with Gasteiger partial charge in [-0.05, 0) is 61.3 Å². The molecule has 1 aliphatic carbocycles. The molecule has 6 heteroatoms. The first kappa shape index (κ1) is 16.9. The minimum Gasteiger partial charge on any atom is -0.494 e. The molecule has 128 valence electrons. The standard InChI is InChI=1S/C18H24N4OS/c1-2-12-23-16-10-8-14(9-11-16)13-19-22-17(20-21-18(22)24)15-6-4-3-5-7-15/h8-11,13,15H,2-7,12H2,1H3,(H,21,24)/b19-13-. The Morgan fingerprint density at radius 3 is 2.75 bits per heavy atom. The topological polar surface area (TPSA) is 55.2 Å². The smallest absolute Gasteiger partial charge is 0.216 e. The largest absolute Gasteiger partial charge is 0.494 e. The molecule has 0 amide bonds. The summed E-state index contributed by atoms with van der Waals surface area (Å²) in [5.74, 6) is 2.30. The van der Waals surface area contributed by atoms with E-state index in [1.165, 1.54) is 32.1 Å². The van der Waals surface area contributed by atoms with Gasteiger partial charge in [-0.25, -0.2) is 0 Å². The highest BCUT2D eigenvalue weighted by Gasteiger charge is 2.21. The molecule has 1 saturated carbocycles. The van der Waals surface area contributed by atoms with Crippen molar-refractivity contribution >= 4 is 18.4 Å². The fraction of sp³-hybridized carbons (Fsp3) is 0.500. The lowest BCUT2D eigenvalue weighted by Crippen LogP contribution is -2.10. The van der Waals surface area contributed by atoms with Gasteiger partial charge in [-0.1, -0.05) is 26.2 Å². The summed E-state index contributed by atoms with van der Waals surface area (Å²) < 4.78 is 7.92. The Morgan fingerprint density at radius 2 is 2.04 bits per heavy atom. The van der Waals surface area contributed by atoms with Gasteiger partial charge < -0.3 is 4.74 Å². The van der Waals surface area contributed by atoms with Crippen molar-refractivity contribution in [3.8, 4) is 5.75 Å². The third-order valence-electron chi connectivity index (χ3n) is 4.32. The van der Waals surface area contributed by atoms with Gasteiger partial charge in [0.2, 0.25) is 4.77 Å². The van der Waals surface area contributed by atoms with Crippen LogP contribution in [-0.2, 0) is 0 Å². The maximum Gasteiger partial charge on any atom is 0.216 e. The lowest BCUT2D eigenvalue weighted by atomic mass is 9.89. The summed E-state index contributed by atoms with van der Waals surface area (Å²) in [5, 5.41) is 11.9. The average molecular weight is 344 g/mol.